The van der Waals surface area contributed by atoms with Crippen LogP contribution < -0.4 is 10.9 Å². The molecule has 0 saturated heterocycles. The Bertz CT molecular complexity index is 1420. The van der Waals surface area contributed by atoms with Crippen molar-refractivity contribution in [3.8, 4) is 0 Å². The summed E-state index contributed by atoms with van der Waals surface area (Å²) in [6, 6.07) is 11.5. The number of hydrogen-bond acceptors (Lipinski definition) is 5. The van der Waals surface area contributed by atoms with Gasteiger partial charge in [-0.3, -0.25) is 9.20 Å². The summed E-state index contributed by atoms with van der Waals surface area (Å²) >= 11 is 0. The molecule has 1 N–H and O–H groups in total. The third-order valence-corrected chi connectivity index (χ3v) is 5.71. The fraction of sp³-hybridized carbons (Fsp3) is 0.227. The second-order valence-electron chi connectivity index (χ2n) is 7.10. The second kappa shape index (κ2) is 5.62. The lowest BCUT2D eigenvalue weighted by Gasteiger charge is -2.31. The summed E-state index contributed by atoms with van der Waals surface area (Å²) in [4.78, 5) is 30.4. The highest BCUT2D eigenvalue weighted by Gasteiger charge is 2.44. The molecular formula is C22H18N2O4. The fourth-order valence-corrected chi connectivity index (χ4v) is 4.18. The first-order chi connectivity index (χ1) is 13.5. The Morgan fingerprint density at radius 2 is 2.07 bits per heavy atom. The summed E-state index contributed by atoms with van der Waals surface area (Å²) in [6.45, 7) is 3.42. The van der Waals surface area contributed by atoms with Gasteiger partial charge < -0.3 is 9.84 Å². The molecule has 1 atom stereocenters. The largest absolute Gasteiger partial charge is 0.458 e. The van der Waals surface area contributed by atoms with Crippen LogP contribution in [0.5, 0.6) is 0 Å². The van der Waals surface area contributed by atoms with Gasteiger partial charge >= 0.3 is 5.97 Å². The number of ether oxygens (including phenoxy) is 1. The molecule has 0 saturated carbocycles. The van der Waals surface area contributed by atoms with Crippen molar-refractivity contribution in [2.45, 2.75) is 32.5 Å². The molecule has 140 valence electrons. The first-order valence-corrected chi connectivity index (χ1v) is 9.25. The van der Waals surface area contributed by atoms with Gasteiger partial charge in [0.1, 0.15) is 6.61 Å². The van der Waals surface area contributed by atoms with E-state index in [4.69, 9.17) is 9.72 Å². The molecule has 28 heavy (non-hydrogen) atoms. The minimum atomic E-state index is -1.82. The van der Waals surface area contributed by atoms with E-state index >= 15 is 0 Å². The normalized spacial score (nSPS) is 20.1. The topological polar surface area (TPSA) is 80.9 Å². The SMILES string of the molecule is CC=c1c2cc3ccccc3nc2c2cc3c(c(=O)n12)COC(=O)[C@]3(O)CC. The maximum atomic E-state index is 13.3. The maximum absolute atomic E-state index is 13.3. The molecule has 0 fully saturated rings. The molecule has 4 heterocycles. The number of pyridine rings is 2. The highest BCUT2D eigenvalue weighted by molar-refractivity contribution is 6.01. The van der Waals surface area contributed by atoms with E-state index in [1.807, 2.05) is 43.3 Å². The summed E-state index contributed by atoms with van der Waals surface area (Å²) in [7, 11) is 0. The van der Waals surface area contributed by atoms with Crippen molar-refractivity contribution in [1.82, 2.24) is 9.38 Å². The van der Waals surface area contributed by atoms with Crippen molar-refractivity contribution < 1.29 is 14.6 Å². The Morgan fingerprint density at radius 3 is 2.82 bits per heavy atom. The van der Waals surface area contributed by atoms with Crippen LogP contribution in [0.1, 0.15) is 31.4 Å². The molecule has 0 unspecified atom stereocenters. The Morgan fingerprint density at radius 1 is 1.29 bits per heavy atom. The van der Waals surface area contributed by atoms with Gasteiger partial charge in [0, 0.05) is 16.3 Å². The van der Waals surface area contributed by atoms with Gasteiger partial charge in [-0.15, -0.1) is 0 Å². The molecule has 1 aliphatic heterocycles. The third kappa shape index (κ3) is 1.98. The lowest BCUT2D eigenvalue weighted by atomic mass is 9.86. The quantitative estimate of drug-likeness (QED) is 0.517. The van der Waals surface area contributed by atoms with Gasteiger partial charge in [0.05, 0.1) is 27.5 Å². The van der Waals surface area contributed by atoms with Gasteiger partial charge in [-0.2, -0.15) is 0 Å². The van der Waals surface area contributed by atoms with Gasteiger partial charge in [0.2, 0.25) is 0 Å². The number of benzene rings is 1. The van der Waals surface area contributed by atoms with Crippen LogP contribution in [0, 0.1) is 0 Å². The molecule has 1 aliphatic rings. The number of carbonyl (C=O) groups excluding carboxylic acids is 1. The van der Waals surface area contributed by atoms with E-state index in [1.165, 1.54) is 0 Å². The van der Waals surface area contributed by atoms with E-state index in [0.29, 0.717) is 22.2 Å². The summed E-state index contributed by atoms with van der Waals surface area (Å²) in [5.74, 6) is -0.720. The third-order valence-electron chi connectivity index (χ3n) is 5.71. The van der Waals surface area contributed by atoms with Crippen LogP contribution >= 0.6 is 0 Å². The van der Waals surface area contributed by atoms with Crippen LogP contribution in [0.3, 0.4) is 0 Å². The predicted octanol–water partition coefficient (Wildman–Crippen LogP) is 2.17. The molecule has 0 spiro atoms. The van der Waals surface area contributed by atoms with E-state index in [1.54, 1.807) is 17.4 Å². The minimum Gasteiger partial charge on any atom is -0.458 e. The van der Waals surface area contributed by atoms with Gasteiger partial charge in [0.25, 0.3) is 5.56 Å². The number of fused-ring (bicyclic) bond motifs is 5. The van der Waals surface area contributed by atoms with Crippen molar-refractivity contribution in [3.63, 3.8) is 0 Å². The van der Waals surface area contributed by atoms with Crippen LogP contribution in [0.25, 0.3) is 33.4 Å². The molecule has 3 aromatic heterocycles. The van der Waals surface area contributed by atoms with Gasteiger partial charge in [-0.05, 0) is 31.5 Å². The van der Waals surface area contributed by atoms with Gasteiger partial charge in [-0.1, -0.05) is 31.2 Å². The number of nitrogens with zero attached hydrogens (tertiary/aromatic N) is 2. The lowest BCUT2D eigenvalue weighted by Crippen LogP contribution is -2.44. The first-order valence-electron chi connectivity index (χ1n) is 9.25. The predicted molar refractivity (Wildman–Crippen MR) is 106 cm³/mol. The zero-order valence-electron chi connectivity index (χ0n) is 15.5. The van der Waals surface area contributed by atoms with Crippen LogP contribution in [-0.4, -0.2) is 20.5 Å². The standard InChI is InChI=1S/C22H18N2O4/c1-3-17-13-9-12-7-5-6-8-16(12)23-19(13)18-10-15-14(20(25)24(17)18)11-28-21(26)22(15,27)4-2/h3,5-10,27H,4,11H2,1-2H3/t22-/m0/s1. The van der Waals surface area contributed by atoms with Gasteiger partial charge in [0.15, 0.2) is 5.60 Å². The Balaban J connectivity index is 2.03. The number of esters is 1. The lowest BCUT2D eigenvalue weighted by molar-refractivity contribution is -0.172. The average Bonchev–Trinajstić information content (AvgIpc) is 3.02. The number of hydrogen-bond donors (Lipinski definition) is 1. The second-order valence-corrected chi connectivity index (χ2v) is 7.10. The minimum absolute atomic E-state index is 0.121. The molecule has 5 rings (SSSR count). The van der Waals surface area contributed by atoms with Crippen molar-refractivity contribution >= 4 is 39.4 Å². The summed E-state index contributed by atoms with van der Waals surface area (Å²) in [5, 5.41) is 13.5. The summed E-state index contributed by atoms with van der Waals surface area (Å²) < 4.78 is 6.72. The number of para-hydroxylation sites is 1. The average molecular weight is 374 g/mol. The number of carbonyl (C=O) groups is 1. The summed E-state index contributed by atoms with van der Waals surface area (Å²) in [6.07, 6.45) is 2.00. The van der Waals surface area contributed by atoms with Gasteiger partial charge in [-0.25, -0.2) is 9.78 Å². The molecular weight excluding hydrogens is 356 g/mol. The molecule has 4 aromatic rings. The van der Waals surface area contributed by atoms with Crippen molar-refractivity contribution in [2.75, 3.05) is 0 Å². The van der Waals surface area contributed by atoms with E-state index in [2.05, 4.69) is 0 Å². The maximum Gasteiger partial charge on any atom is 0.343 e. The molecule has 0 amide bonds. The monoisotopic (exact) mass is 374 g/mol. The van der Waals surface area contributed by atoms with Crippen LogP contribution in [0.4, 0.5) is 0 Å². The zero-order valence-corrected chi connectivity index (χ0v) is 15.5. The van der Waals surface area contributed by atoms with Crippen LogP contribution in [0.15, 0.2) is 41.2 Å². The number of aliphatic hydroxyl groups is 1. The fourth-order valence-electron chi connectivity index (χ4n) is 4.18. The van der Waals surface area contributed by atoms with Crippen LogP contribution in [0.2, 0.25) is 0 Å². The molecule has 1 aromatic carbocycles. The molecule has 0 radical (unpaired) electrons. The Kier molecular flexibility index (Phi) is 3.39. The number of cyclic esters (lactones) is 1. The van der Waals surface area contributed by atoms with Crippen LogP contribution in [-0.2, 0) is 21.7 Å². The van der Waals surface area contributed by atoms with E-state index in [0.717, 1.165) is 21.6 Å². The number of rotatable bonds is 1. The highest BCUT2D eigenvalue weighted by atomic mass is 16.6. The number of aromatic nitrogens is 2. The molecule has 6 nitrogen and oxygen atoms in total. The van der Waals surface area contributed by atoms with E-state index in [-0.39, 0.29) is 18.6 Å². The summed E-state index contributed by atoms with van der Waals surface area (Å²) in [5.41, 5.74) is 0.592. The van der Waals surface area contributed by atoms with Crippen molar-refractivity contribution in [1.29, 1.82) is 0 Å². The smallest absolute Gasteiger partial charge is 0.343 e. The highest BCUT2D eigenvalue weighted by Crippen LogP contribution is 2.34. The van der Waals surface area contributed by atoms with Crippen molar-refractivity contribution in [3.05, 3.63) is 63.2 Å². The first kappa shape index (κ1) is 16.9. The Hall–Kier alpha value is -3.25. The Labute approximate surface area is 159 Å². The molecule has 0 aliphatic carbocycles. The molecule has 0 bridgehead atoms. The van der Waals surface area contributed by atoms with E-state index in [9.17, 15) is 14.7 Å². The molecule has 6 heteroatoms. The van der Waals surface area contributed by atoms with E-state index < -0.39 is 11.6 Å². The zero-order chi connectivity index (χ0) is 19.6. The van der Waals surface area contributed by atoms with Crippen molar-refractivity contribution in [2.24, 2.45) is 0 Å².